The van der Waals surface area contributed by atoms with E-state index >= 15 is 0 Å². The van der Waals surface area contributed by atoms with Crippen LogP contribution in [0, 0.1) is 5.82 Å². The maximum absolute atomic E-state index is 13.2. The second-order valence-corrected chi connectivity index (χ2v) is 4.42. The SMILES string of the molecule is CCC(C)(CN)NC(=O)c1ccc(F)c(OC)c1. The number of nitrogens with one attached hydrogen (secondary N) is 1. The molecule has 0 saturated heterocycles. The summed E-state index contributed by atoms with van der Waals surface area (Å²) in [7, 11) is 1.36. The van der Waals surface area contributed by atoms with Gasteiger partial charge in [0.1, 0.15) is 0 Å². The van der Waals surface area contributed by atoms with E-state index in [4.69, 9.17) is 10.5 Å². The molecule has 1 rings (SSSR count). The predicted molar refractivity (Wildman–Crippen MR) is 68.2 cm³/mol. The standard InChI is InChI=1S/C13H19FN2O2/c1-4-13(2,8-15)16-12(17)9-5-6-10(14)11(7-9)18-3/h5-7H,4,8,15H2,1-3H3,(H,16,17). The first-order valence-corrected chi connectivity index (χ1v) is 5.82. The van der Waals surface area contributed by atoms with Crippen LogP contribution in [0.2, 0.25) is 0 Å². The highest BCUT2D eigenvalue weighted by atomic mass is 19.1. The Labute approximate surface area is 106 Å². The number of halogens is 1. The Balaban J connectivity index is 2.91. The molecule has 5 heteroatoms. The zero-order valence-corrected chi connectivity index (χ0v) is 10.9. The van der Waals surface area contributed by atoms with Gasteiger partial charge in [0.05, 0.1) is 7.11 Å². The van der Waals surface area contributed by atoms with Crippen molar-refractivity contribution in [1.82, 2.24) is 5.32 Å². The number of hydrogen-bond donors (Lipinski definition) is 2. The molecule has 1 aromatic carbocycles. The van der Waals surface area contributed by atoms with Gasteiger partial charge in [0.15, 0.2) is 11.6 Å². The molecule has 0 fully saturated rings. The summed E-state index contributed by atoms with van der Waals surface area (Å²) in [6.45, 7) is 4.15. The van der Waals surface area contributed by atoms with Crippen LogP contribution < -0.4 is 15.8 Å². The van der Waals surface area contributed by atoms with Gasteiger partial charge in [-0.1, -0.05) is 6.92 Å². The molecule has 0 saturated carbocycles. The average molecular weight is 254 g/mol. The molecule has 4 nitrogen and oxygen atoms in total. The zero-order valence-electron chi connectivity index (χ0n) is 10.9. The van der Waals surface area contributed by atoms with Gasteiger partial charge in [-0.25, -0.2) is 4.39 Å². The minimum atomic E-state index is -0.494. The first-order valence-electron chi connectivity index (χ1n) is 5.82. The average Bonchev–Trinajstić information content (AvgIpc) is 2.39. The Morgan fingerprint density at radius 3 is 2.72 bits per heavy atom. The normalized spacial score (nSPS) is 13.8. The molecule has 0 spiro atoms. The van der Waals surface area contributed by atoms with Gasteiger partial charge >= 0.3 is 0 Å². The fourth-order valence-electron chi connectivity index (χ4n) is 1.43. The van der Waals surface area contributed by atoms with Crippen molar-refractivity contribution in [2.45, 2.75) is 25.8 Å². The van der Waals surface area contributed by atoms with Crippen LogP contribution in [0.4, 0.5) is 4.39 Å². The Bertz CT molecular complexity index is 431. The maximum Gasteiger partial charge on any atom is 0.251 e. The Morgan fingerprint density at radius 2 is 2.22 bits per heavy atom. The van der Waals surface area contributed by atoms with E-state index in [-0.39, 0.29) is 11.7 Å². The number of carbonyl (C=O) groups excluding carboxylic acids is 1. The molecule has 0 radical (unpaired) electrons. The van der Waals surface area contributed by atoms with E-state index < -0.39 is 11.4 Å². The molecule has 1 aromatic rings. The van der Waals surface area contributed by atoms with Crippen LogP contribution in [-0.2, 0) is 0 Å². The van der Waals surface area contributed by atoms with Gasteiger partial charge in [0.2, 0.25) is 0 Å². The van der Waals surface area contributed by atoms with Crippen molar-refractivity contribution in [3.63, 3.8) is 0 Å². The Morgan fingerprint density at radius 1 is 1.56 bits per heavy atom. The molecule has 0 aliphatic rings. The van der Waals surface area contributed by atoms with Crippen LogP contribution in [0.5, 0.6) is 5.75 Å². The zero-order chi connectivity index (χ0) is 13.8. The van der Waals surface area contributed by atoms with Crippen molar-refractivity contribution in [1.29, 1.82) is 0 Å². The van der Waals surface area contributed by atoms with Gasteiger partial charge in [-0.05, 0) is 31.5 Å². The fourth-order valence-corrected chi connectivity index (χ4v) is 1.43. The van der Waals surface area contributed by atoms with Crippen molar-refractivity contribution in [2.24, 2.45) is 5.73 Å². The number of amides is 1. The highest BCUT2D eigenvalue weighted by Crippen LogP contribution is 2.19. The summed E-state index contributed by atoms with van der Waals surface area (Å²) < 4.78 is 18.1. The molecule has 3 N–H and O–H groups in total. The van der Waals surface area contributed by atoms with Crippen LogP contribution >= 0.6 is 0 Å². The van der Waals surface area contributed by atoms with E-state index in [1.54, 1.807) is 0 Å². The van der Waals surface area contributed by atoms with Gasteiger partial charge in [-0.15, -0.1) is 0 Å². The minimum absolute atomic E-state index is 0.0496. The van der Waals surface area contributed by atoms with Gasteiger partial charge in [-0.2, -0.15) is 0 Å². The lowest BCUT2D eigenvalue weighted by molar-refractivity contribution is 0.0906. The first-order chi connectivity index (χ1) is 8.45. The quantitative estimate of drug-likeness (QED) is 0.840. The van der Waals surface area contributed by atoms with Crippen LogP contribution in [0.25, 0.3) is 0 Å². The van der Waals surface area contributed by atoms with E-state index in [0.717, 1.165) is 0 Å². The van der Waals surface area contributed by atoms with E-state index in [0.29, 0.717) is 18.5 Å². The summed E-state index contributed by atoms with van der Waals surface area (Å²) in [6, 6.07) is 4.00. The lowest BCUT2D eigenvalue weighted by atomic mass is 9.98. The van der Waals surface area contributed by atoms with E-state index in [1.165, 1.54) is 25.3 Å². The summed E-state index contributed by atoms with van der Waals surface area (Å²) >= 11 is 0. The van der Waals surface area contributed by atoms with Gasteiger partial charge in [0, 0.05) is 17.6 Å². The Hall–Kier alpha value is -1.62. The second-order valence-electron chi connectivity index (χ2n) is 4.42. The fraction of sp³-hybridized carbons (Fsp3) is 0.462. The molecule has 1 amide bonds. The van der Waals surface area contributed by atoms with E-state index in [9.17, 15) is 9.18 Å². The lowest BCUT2D eigenvalue weighted by Gasteiger charge is -2.28. The smallest absolute Gasteiger partial charge is 0.251 e. The van der Waals surface area contributed by atoms with Crippen LogP contribution in [0.1, 0.15) is 30.6 Å². The number of rotatable bonds is 5. The van der Waals surface area contributed by atoms with Crippen molar-refractivity contribution in [3.05, 3.63) is 29.6 Å². The van der Waals surface area contributed by atoms with Crippen LogP contribution in [0.3, 0.4) is 0 Å². The molecule has 18 heavy (non-hydrogen) atoms. The summed E-state index contributed by atoms with van der Waals surface area (Å²) in [6.07, 6.45) is 0.716. The predicted octanol–water partition coefficient (Wildman–Crippen LogP) is 1.69. The molecule has 0 aliphatic heterocycles. The number of hydrogen-bond acceptors (Lipinski definition) is 3. The summed E-state index contributed by atoms with van der Waals surface area (Å²) in [5, 5.41) is 2.84. The highest BCUT2D eigenvalue weighted by molar-refractivity contribution is 5.95. The molecule has 0 aliphatic carbocycles. The number of carbonyl (C=O) groups is 1. The largest absolute Gasteiger partial charge is 0.494 e. The first kappa shape index (κ1) is 14.4. The van der Waals surface area contributed by atoms with E-state index in [2.05, 4.69) is 5.32 Å². The van der Waals surface area contributed by atoms with Crippen LogP contribution in [-0.4, -0.2) is 25.1 Å². The molecule has 100 valence electrons. The molecular weight excluding hydrogens is 235 g/mol. The topological polar surface area (TPSA) is 64.3 Å². The molecular formula is C13H19FN2O2. The molecule has 1 atom stereocenters. The summed E-state index contributed by atoms with van der Waals surface area (Å²) in [4.78, 5) is 12.0. The van der Waals surface area contributed by atoms with Crippen molar-refractivity contribution in [2.75, 3.05) is 13.7 Å². The molecule has 0 bridgehead atoms. The van der Waals surface area contributed by atoms with Crippen LogP contribution in [0.15, 0.2) is 18.2 Å². The van der Waals surface area contributed by atoms with Crippen molar-refractivity contribution < 1.29 is 13.9 Å². The minimum Gasteiger partial charge on any atom is -0.494 e. The maximum atomic E-state index is 13.2. The molecule has 0 aromatic heterocycles. The van der Waals surface area contributed by atoms with Gasteiger partial charge < -0.3 is 15.8 Å². The third-order valence-electron chi connectivity index (χ3n) is 3.06. The third kappa shape index (κ3) is 3.20. The molecule has 0 heterocycles. The van der Waals surface area contributed by atoms with Crippen molar-refractivity contribution in [3.8, 4) is 5.75 Å². The number of benzene rings is 1. The van der Waals surface area contributed by atoms with E-state index in [1.807, 2.05) is 13.8 Å². The van der Waals surface area contributed by atoms with Gasteiger partial charge in [0.25, 0.3) is 5.91 Å². The number of nitrogens with two attached hydrogens (primary N) is 1. The molecule has 1 unspecified atom stereocenters. The van der Waals surface area contributed by atoms with Gasteiger partial charge in [-0.3, -0.25) is 4.79 Å². The summed E-state index contributed by atoms with van der Waals surface area (Å²) in [5.74, 6) is -0.733. The third-order valence-corrected chi connectivity index (χ3v) is 3.06. The monoisotopic (exact) mass is 254 g/mol. The summed E-state index contributed by atoms with van der Waals surface area (Å²) in [5.41, 5.74) is 5.51. The Kier molecular flexibility index (Phi) is 4.67. The second kappa shape index (κ2) is 5.82. The van der Waals surface area contributed by atoms with Crippen molar-refractivity contribution >= 4 is 5.91 Å². The lowest BCUT2D eigenvalue weighted by Crippen LogP contribution is -2.50. The highest BCUT2D eigenvalue weighted by Gasteiger charge is 2.23. The number of ether oxygens (including phenoxy) is 1. The number of methoxy groups -OCH3 is 1.